The molecule has 0 saturated heterocycles. The molecule has 1 heterocycles. The molecule has 5 heteroatoms. The molecule has 1 saturated carbocycles. The maximum absolute atomic E-state index is 13.7. The Bertz CT molecular complexity index is 1230. The number of benzene rings is 2. The van der Waals surface area contributed by atoms with Crippen LogP contribution in [0.15, 0.2) is 60.9 Å². The molecule has 4 rings (SSSR count). The Balaban J connectivity index is 1.56. The first-order chi connectivity index (χ1) is 17.8. The first-order valence-corrected chi connectivity index (χ1v) is 13.5. The molecule has 1 atom stereocenters. The van der Waals surface area contributed by atoms with Crippen LogP contribution in [0.2, 0.25) is 0 Å². The molecule has 1 aliphatic rings. The Hall–Kier alpha value is -3.47. The third-order valence-corrected chi connectivity index (χ3v) is 7.51. The maximum atomic E-state index is 13.7. The van der Waals surface area contributed by atoms with Crippen LogP contribution < -0.4 is 5.32 Å². The van der Waals surface area contributed by atoms with E-state index in [1.165, 1.54) is 5.56 Å². The van der Waals surface area contributed by atoms with Gasteiger partial charge in [-0.05, 0) is 84.4 Å². The van der Waals surface area contributed by atoms with Crippen LogP contribution in [0.5, 0.6) is 0 Å². The molecule has 1 fully saturated rings. The van der Waals surface area contributed by atoms with E-state index in [9.17, 15) is 9.59 Å². The minimum atomic E-state index is -0.819. The van der Waals surface area contributed by atoms with Crippen molar-refractivity contribution in [3.05, 3.63) is 83.2 Å². The third-order valence-electron chi connectivity index (χ3n) is 7.51. The summed E-state index contributed by atoms with van der Waals surface area (Å²) in [5.41, 5.74) is 7.14. The van der Waals surface area contributed by atoms with Crippen LogP contribution in [0.1, 0.15) is 74.1 Å². The summed E-state index contributed by atoms with van der Waals surface area (Å²) in [6.07, 6.45) is 9.79. The number of aromatic nitrogens is 1. The number of nitrogens with zero attached hydrogens (tertiary/aromatic N) is 1. The summed E-state index contributed by atoms with van der Waals surface area (Å²) in [5, 5.41) is 12.3. The van der Waals surface area contributed by atoms with Crippen molar-refractivity contribution in [1.82, 2.24) is 4.98 Å². The fourth-order valence-electron chi connectivity index (χ4n) is 5.58. The van der Waals surface area contributed by atoms with Gasteiger partial charge < -0.3 is 10.4 Å². The molecule has 1 aromatic heterocycles. The largest absolute Gasteiger partial charge is 0.481 e. The number of aryl methyl sites for hydroxylation is 1. The van der Waals surface area contributed by atoms with Crippen molar-refractivity contribution in [2.75, 3.05) is 5.32 Å². The number of carbonyl (C=O) groups is 2. The van der Waals surface area contributed by atoms with Gasteiger partial charge >= 0.3 is 5.97 Å². The van der Waals surface area contributed by atoms with Gasteiger partial charge in [-0.25, -0.2) is 0 Å². The minimum Gasteiger partial charge on any atom is -0.481 e. The molecule has 0 radical (unpaired) electrons. The number of rotatable bonds is 10. The predicted octanol–water partition coefficient (Wildman–Crippen LogP) is 7.19. The Labute approximate surface area is 220 Å². The highest BCUT2D eigenvalue weighted by Gasteiger charge is 2.32. The smallest absolute Gasteiger partial charge is 0.303 e. The van der Waals surface area contributed by atoms with Crippen molar-refractivity contribution in [2.45, 2.75) is 71.6 Å². The Kier molecular flexibility index (Phi) is 8.75. The number of pyridine rings is 1. The summed E-state index contributed by atoms with van der Waals surface area (Å²) in [4.78, 5) is 29.2. The van der Waals surface area contributed by atoms with E-state index in [2.05, 4.69) is 54.5 Å². The fourth-order valence-corrected chi connectivity index (χ4v) is 5.58. The lowest BCUT2D eigenvalue weighted by molar-refractivity contribution is -0.137. The van der Waals surface area contributed by atoms with Gasteiger partial charge in [-0.1, -0.05) is 63.1 Å². The van der Waals surface area contributed by atoms with Gasteiger partial charge in [-0.2, -0.15) is 0 Å². The van der Waals surface area contributed by atoms with Crippen molar-refractivity contribution < 1.29 is 14.7 Å². The molecule has 0 unspecified atom stereocenters. The first-order valence-electron chi connectivity index (χ1n) is 13.5. The number of carbonyl (C=O) groups excluding carboxylic acids is 1. The second-order valence-electron chi connectivity index (χ2n) is 10.8. The number of amides is 1. The second-order valence-corrected chi connectivity index (χ2v) is 10.8. The van der Waals surface area contributed by atoms with Crippen molar-refractivity contribution in [2.24, 2.45) is 11.8 Å². The highest BCUT2D eigenvalue weighted by atomic mass is 16.4. The van der Waals surface area contributed by atoms with Crippen LogP contribution in [0.4, 0.5) is 5.69 Å². The normalized spacial score (nSPS) is 14.6. The van der Waals surface area contributed by atoms with Crippen LogP contribution >= 0.6 is 0 Å². The summed E-state index contributed by atoms with van der Waals surface area (Å²) < 4.78 is 0. The highest BCUT2D eigenvalue weighted by molar-refractivity contribution is 5.97. The standard InChI is InChI=1S/C32H38N2O3/c1-21(2)17-23-18-28(20-33-19-23)25-11-13-27(14-12-25)31(26-7-4-5-8-26)32(37)34-29-10-6-9-24(22(29)3)15-16-30(35)36/h6,9-14,18-21,26,31H,4-5,7-8,15-17H2,1-3H3,(H,34,37)(H,35,36)/t31-/m1/s1. The summed E-state index contributed by atoms with van der Waals surface area (Å²) >= 11 is 0. The number of hydrogen-bond acceptors (Lipinski definition) is 3. The Morgan fingerprint density at radius 1 is 1.03 bits per heavy atom. The van der Waals surface area contributed by atoms with Crippen molar-refractivity contribution in [1.29, 1.82) is 0 Å². The van der Waals surface area contributed by atoms with Gasteiger partial charge in [0.2, 0.25) is 5.91 Å². The molecule has 0 bridgehead atoms. The van der Waals surface area contributed by atoms with Crippen LogP contribution in [0.25, 0.3) is 11.1 Å². The van der Waals surface area contributed by atoms with Crippen LogP contribution in [0.3, 0.4) is 0 Å². The van der Waals surface area contributed by atoms with Gasteiger partial charge in [0, 0.05) is 30.1 Å². The average molecular weight is 499 g/mol. The molecule has 2 aromatic carbocycles. The zero-order valence-corrected chi connectivity index (χ0v) is 22.2. The van der Waals surface area contributed by atoms with E-state index in [-0.39, 0.29) is 18.2 Å². The van der Waals surface area contributed by atoms with E-state index in [1.54, 1.807) is 0 Å². The van der Waals surface area contributed by atoms with Crippen molar-refractivity contribution >= 4 is 17.6 Å². The number of nitrogens with one attached hydrogen (secondary N) is 1. The second kappa shape index (κ2) is 12.2. The topological polar surface area (TPSA) is 79.3 Å². The van der Waals surface area contributed by atoms with Gasteiger partial charge in [0.1, 0.15) is 0 Å². The van der Waals surface area contributed by atoms with E-state index in [4.69, 9.17) is 5.11 Å². The van der Waals surface area contributed by atoms with Gasteiger partial charge in [0.25, 0.3) is 0 Å². The molecule has 5 nitrogen and oxygen atoms in total. The number of hydrogen-bond donors (Lipinski definition) is 2. The third kappa shape index (κ3) is 6.85. The molecule has 0 aliphatic heterocycles. The molecule has 0 spiro atoms. The van der Waals surface area contributed by atoms with E-state index in [1.807, 2.05) is 37.5 Å². The van der Waals surface area contributed by atoms with Crippen LogP contribution in [-0.2, 0) is 22.4 Å². The fraction of sp³-hybridized carbons (Fsp3) is 0.406. The van der Waals surface area contributed by atoms with E-state index in [0.717, 1.165) is 65.6 Å². The summed E-state index contributed by atoms with van der Waals surface area (Å²) in [6.45, 7) is 6.38. The summed E-state index contributed by atoms with van der Waals surface area (Å²) in [7, 11) is 0. The molecular formula is C32H38N2O3. The molecule has 1 amide bonds. The van der Waals surface area contributed by atoms with Gasteiger partial charge in [0.05, 0.1) is 5.92 Å². The van der Waals surface area contributed by atoms with E-state index < -0.39 is 5.97 Å². The lowest BCUT2D eigenvalue weighted by Gasteiger charge is -2.24. The molecule has 194 valence electrons. The van der Waals surface area contributed by atoms with Crippen molar-refractivity contribution in [3.8, 4) is 11.1 Å². The minimum absolute atomic E-state index is 0.0127. The molecule has 1 aliphatic carbocycles. The monoisotopic (exact) mass is 498 g/mol. The van der Waals surface area contributed by atoms with Crippen LogP contribution in [-0.4, -0.2) is 22.0 Å². The Morgan fingerprint density at radius 2 is 1.76 bits per heavy atom. The summed E-state index contributed by atoms with van der Waals surface area (Å²) in [5.74, 6) is -0.132. The number of aliphatic carboxylic acids is 1. The maximum Gasteiger partial charge on any atom is 0.303 e. The van der Waals surface area contributed by atoms with Gasteiger partial charge in [0.15, 0.2) is 0 Å². The highest BCUT2D eigenvalue weighted by Crippen LogP contribution is 2.39. The SMILES string of the molecule is Cc1c(CCC(=O)O)cccc1NC(=O)[C@@H](c1ccc(-c2cncc(CC(C)C)c2)cc1)C1CCCC1. The van der Waals surface area contributed by atoms with E-state index >= 15 is 0 Å². The summed E-state index contributed by atoms with van der Waals surface area (Å²) in [6, 6.07) is 16.4. The van der Waals surface area contributed by atoms with Gasteiger partial charge in [-0.3, -0.25) is 14.6 Å². The first kappa shape index (κ1) is 26.6. The average Bonchev–Trinajstić information content (AvgIpc) is 3.39. The number of anilines is 1. The lowest BCUT2D eigenvalue weighted by atomic mass is 9.83. The molecule has 2 N–H and O–H groups in total. The zero-order chi connectivity index (χ0) is 26.4. The lowest BCUT2D eigenvalue weighted by Crippen LogP contribution is -2.27. The number of carboxylic acids is 1. The molecule has 3 aromatic rings. The zero-order valence-electron chi connectivity index (χ0n) is 22.2. The van der Waals surface area contributed by atoms with Gasteiger partial charge in [-0.15, -0.1) is 0 Å². The predicted molar refractivity (Wildman–Crippen MR) is 149 cm³/mol. The number of carboxylic acid groups (broad SMARTS) is 1. The van der Waals surface area contributed by atoms with Crippen molar-refractivity contribution in [3.63, 3.8) is 0 Å². The quantitative estimate of drug-likeness (QED) is 0.310. The molecular weight excluding hydrogens is 460 g/mol. The van der Waals surface area contributed by atoms with Crippen LogP contribution in [0, 0.1) is 18.8 Å². The Morgan fingerprint density at radius 3 is 2.43 bits per heavy atom. The van der Waals surface area contributed by atoms with E-state index in [0.29, 0.717) is 18.3 Å². The molecule has 37 heavy (non-hydrogen) atoms.